The van der Waals surface area contributed by atoms with Crippen LogP contribution >= 0.6 is 7.82 Å². The van der Waals surface area contributed by atoms with Crippen molar-refractivity contribution in [2.75, 3.05) is 47.5 Å². The lowest BCUT2D eigenvalue weighted by Crippen LogP contribution is -2.37. The summed E-state index contributed by atoms with van der Waals surface area (Å²) in [6.07, 6.45) is 33.3. The number of unbranched alkanes of at least 4 members (excludes halogenated alkanes) is 14. The highest BCUT2D eigenvalue weighted by atomic mass is 31.2. The molecule has 0 aromatic carbocycles. The van der Waals surface area contributed by atoms with Gasteiger partial charge in [0.05, 0.1) is 27.7 Å². The van der Waals surface area contributed by atoms with Crippen LogP contribution in [0.2, 0.25) is 0 Å². The van der Waals surface area contributed by atoms with E-state index < -0.39 is 26.5 Å². The zero-order valence-corrected chi connectivity index (χ0v) is 32.8. The number of phosphoric acid groups is 1. The Hall–Kier alpha value is -1.77. The van der Waals surface area contributed by atoms with Gasteiger partial charge in [-0.05, 0) is 44.9 Å². The molecule has 0 amide bonds. The van der Waals surface area contributed by atoms with Gasteiger partial charge in [0.1, 0.15) is 19.8 Å². The molecule has 49 heavy (non-hydrogen) atoms. The molecule has 0 heterocycles. The average Bonchev–Trinajstić information content (AvgIpc) is 3.04. The first-order chi connectivity index (χ1) is 23.5. The van der Waals surface area contributed by atoms with Crippen molar-refractivity contribution in [3.8, 4) is 0 Å². The van der Waals surface area contributed by atoms with Crippen molar-refractivity contribution in [3.63, 3.8) is 0 Å². The van der Waals surface area contributed by atoms with E-state index >= 15 is 0 Å². The lowest BCUT2D eigenvalue weighted by molar-refractivity contribution is -0.870. The third-order valence-electron chi connectivity index (χ3n) is 7.93. The van der Waals surface area contributed by atoms with Gasteiger partial charge in [0, 0.05) is 12.8 Å². The number of likely N-dealkylation sites (N-methyl/N-ethyl adjacent to an activating group) is 1. The molecule has 0 aromatic heterocycles. The number of hydrogen-bond donors (Lipinski definition) is 1. The molecule has 0 aromatic rings. The van der Waals surface area contributed by atoms with Crippen LogP contribution in [0.4, 0.5) is 0 Å². The maximum absolute atomic E-state index is 12.6. The van der Waals surface area contributed by atoms with Crippen LogP contribution in [0, 0.1) is 0 Å². The number of allylic oxidation sites excluding steroid dienone is 6. The van der Waals surface area contributed by atoms with Crippen LogP contribution < -0.4 is 0 Å². The molecule has 0 aliphatic carbocycles. The number of rotatable bonds is 34. The molecule has 0 fully saturated rings. The molecule has 1 N–H and O–H groups in total. The number of carbonyl (C=O) groups is 2. The van der Waals surface area contributed by atoms with Gasteiger partial charge in [-0.2, -0.15) is 0 Å². The predicted octanol–water partition coefficient (Wildman–Crippen LogP) is 10.2. The summed E-state index contributed by atoms with van der Waals surface area (Å²) >= 11 is 0. The molecule has 0 saturated heterocycles. The number of hydrogen-bond acceptors (Lipinski definition) is 7. The Balaban J connectivity index is 4.46. The molecule has 0 bridgehead atoms. The lowest BCUT2D eigenvalue weighted by atomic mass is 10.1. The highest BCUT2D eigenvalue weighted by molar-refractivity contribution is 7.47. The molecule has 0 aliphatic rings. The highest BCUT2D eigenvalue weighted by Gasteiger charge is 2.27. The van der Waals surface area contributed by atoms with Crippen LogP contribution in [0.15, 0.2) is 36.5 Å². The van der Waals surface area contributed by atoms with Gasteiger partial charge in [-0.25, -0.2) is 4.57 Å². The molecule has 0 spiro atoms. The number of ether oxygens (including phenoxy) is 2. The standard InChI is InChI=1S/C39H72NO8P/c1-6-8-10-12-14-16-18-19-20-21-22-24-26-28-30-32-39(42)48-37(36-47-49(43,44)46-34-33-40(3,4)5)35-45-38(41)31-29-27-25-23-17-15-13-11-9-7-2/h8,10,14,16,19-20,37H,6-7,9,11-13,15,17-18,21-36H2,1-5H3/p+1/b10-8+,16-14+,20-19+/t37-/m1/s1. The average molecular weight is 715 g/mol. The number of esters is 2. The number of carbonyl (C=O) groups excluding carboxylic acids is 2. The first-order valence-electron chi connectivity index (χ1n) is 19.2. The molecule has 9 nitrogen and oxygen atoms in total. The van der Waals surface area contributed by atoms with Crippen LogP contribution in [-0.4, -0.2) is 74.9 Å². The Kier molecular flexibility index (Phi) is 31.0. The zero-order valence-electron chi connectivity index (χ0n) is 31.9. The van der Waals surface area contributed by atoms with E-state index in [1.807, 2.05) is 21.1 Å². The second-order valence-electron chi connectivity index (χ2n) is 13.9. The lowest BCUT2D eigenvalue weighted by Gasteiger charge is -2.24. The Morgan fingerprint density at radius 1 is 0.653 bits per heavy atom. The first-order valence-corrected chi connectivity index (χ1v) is 20.7. The minimum Gasteiger partial charge on any atom is -0.462 e. The molecule has 1 unspecified atom stereocenters. The van der Waals surface area contributed by atoms with Crippen molar-refractivity contribution in [1.82, 2.24) is 0 Å². The molecular formula is C39H73NO8P+. The summed E-state index contributed by atoms with van der Waals surface area (Å²) in [5.74, 6) is -0.822. The van der Waals surface area contributed by atoms with Gasteiger partial charge in [-0.1, -0.05) is 127 Å². The Morgan fingerprint density at radius 3 is 1.73 bits per heavy atom. The maximum Gasteiger partial charge on any atom is 0.472 e. The third-order valence-corrected chi connectivity index (χ3v) is 8.92. The van der Waals surface area contributed by atoms with E-state index in [0.29, 0.717) is 17.4 Å². The summed E-state index contributed by atoms with van der Waals surface area (Å²) in [6.45, 7) is 4.25. The van der Waals surface area contributed by atoms with E-state index in [1.54, 1.807) is 0 Å². The van der Waals surface area contributed by atoms with E-state index in [-0.39, 0.29) is 32.0 Å². The first kappa shape index (κ1) is 47.2. The van der Waals surface area contributed by atoms with Gasteiger partial charge in [-0.15, -0.1) is 0 Å². The summed E-state index contributed by atoms with van der Waals surface area (Å²) in [5.41, 5.74) is 0. The summed E-state index contributed by atoms with van der Waals surface area (Å²) in [5, 5.41) is 0. The van der Waals surface area contributed by atoms with Gasteiger partial charge in [0.25, 0.3) is 0 Å². The van der Waals surface area contributed by atoms with Gasteiger partial charge in [0.15, 0.2) is 6.10 Å². The topological polar surface area (TPSA) is 108 Å². The van der Waals surface area contributed by atoms with Crippen molar-refractivity contribution in [2.24, 2.45) is 0 Å². The molecule has 10 heteroatoms. The Labute approximate surface area is 300 Å². The minimum atomic E-state index is -4.37. The molecule has 0 radical (unpaired) electrons. The Morgan fingerprint density at radius 2 is 1.16 bits per heavy atom. The fraction of sp³-hybridized carbons (Fsp3) is 0.795. The molecule has 286 valence electrons. The Bertz CT molecular complexity index is 944. The molecule has 0 rings (SSSR count). The number of phosphoric ester groups is 1. The maximum atomic E-state index is 12.6. The fourth-order valence-electron chi connectivity index (χ4n) is 4.91. The second-order valence-corrected chi connectivity index (χ2v) is 15.4. The second kappa shape index (κ2) is 32.2. The number of quaternary nitrogens is 1. The van der Waals surface area contributed by atoms with E-state index in [0.717, 1.165) is 70.6 Å². The zero-order chi connectivity index (χ0) is 36.5. The number of nitrogens with zero attached hydrogens (tertiary/aromatic N) is 1. The normalized spacial score (nSPS) is 14.2. The fourth-order valence-corrected chi connectivity index (χ4v) is 5.65. The quantitative estimate of drug-likeness (QED) is 0.0231. The van der Waals surface area contributed by atoms with Crippen molar-refractivity contribution in [3.05, 3.63) is 36.5 Å². The van der Waals surface area contributed by atoms with Crippen LogP contribution in [0.3, 0.4) is 0 Å². The summed E-state index contributed by atoms with van der Waals surface area (Å²) < 4.78 is 34.1. The summed E-state index contributed by atoms with van der Waals surface area (Å²) in [6, 6.07) is 0. The molecule has 2 atom stereocenters. The molecule has 0 aliphatic heterocycles. The van der Waals surface area contributed by atoms with Gasteiger partial charge >= 0.3 is 19.8 Å². The SMILES string of the molecule is CC/C=C/C/C=C/C/C=C/CCCCCCCC(=O)O[C@H](COC(=O)CCCCCCCCCCCC)COP(=O)(O)OCC[N+](C)(C)C. The van der Waals surface area contributed by atoms with Crippen LogP contribution in [0.5, 0.6) is 0 Å². The third kappa shape index (κ3) is 35.8. The van der Waals surface area contributed by atoms with Crippen LogP contribution in [0.25, 0.3) is 0 Å². The van der Waals surface area contributed by atoms with Crippen molar-refractivity contribution >= 4 is 19.8 Å². The van der Waals surface area contributed by atoms with Gasteiger partial charge < -0.3 is 18.9 Å². The van der Waals surface area contributed by atoms with Gasteiger partial charge in [-0.3, -0.25) is 18.6 Å². The van der Waals surface area contributed by atoms with Crippen LogP contribution in [-0.2, 0) is 32.7 Å². The van der Waals surface area contributed by atoms with Crippen molar-refractivity contribution < 1.29 is 42.1 Å². The van der Waals surface area contributed by atoms with Crippen molar-refractivity contribution in [1.29, 1.82) is 0 Å². The molecule has 0 saturated carbocycles. The monoisotopic (exact) mass is 715 g/mol. The van der Waals surface area contributed by atoms with E-state index in [2.05, 4.69) is 50.3 Å². The van der Waals surface area contributed by atoms with Gasteiger partial charge in [0.2, 0.25) is 0 Å². The van der Waals surface area contributed by atoms with E-state index in [1.165, 1.54) is 44.9 Å². The largest absolute Gasteiger partial charge is 0.472 e. The van der Waals surface area contributed by atoms with E-state index in [4.69, 9.17) is 18.5 Å². The smallest absolute Gasteiger partial charge is 0.462 e. The van der Waals surface area contributed by atoms with E-state index in [9.17, 15) is 19.0 Å². The van der Waals surface area contributed by atoms with Crippen LogP contribution in [0.1, 0.15) is 149 Å². The summed E-state index contributed by atoms with van der Waals surface area (Å²) in [4.78, 5) is 35.1. The molecular weight excluding hydrogens is 641 g/mol. The minimum absolute atomic E-state index is 0.0282. The van der Waals surface area contributed by atoms with Crippen molar-refractivity contribution in [2.45, 2.75) is 155 Å². The predicted molar refractivity (Wildman–Crippen MR) is 201 cm³/mol. The highest BCUT2D eigenvalue weighted by Crippen LogP contribution is 2.43. The summed E-state index contributed by atoms with van der Waals surface area (Å²) in [7, 11) is 1.46.